The van der Waals surface area contributed by atoms with Gasteiger partial charge in [0.1, 0.15) is 4.21 Å². The van der Waals surface area contributed by atoms with Crippen molar-refractivity contribution >= 4 is 21.4 Å². The van der Waals surface area contributed by atoms with E-state index in [4.69, 9.17) is 0 Å². The van der Waals surface area contributed by atoms with Crippen LogP contribution >= 0.6 is 11.3 Å². The molecule has 1 N–H and O–H groups in total. The second kappa shape index (κ2) is 5.91. The molecule has 1 aromatic heterocycles. The van der Waals surface area contributed by atoms with Gasteiger partial charge in [0.25, 0.3) is 10.0 Å². The largest absolute Gasteiger partial charge is 0.391 e. The van der Waals surface area contributed by atoms with Gasteiger partial charge in [-0.05, 0) is 31.4 Å². The van der Waals surface area contributed by atoms with Crippen LogP contribution in [0.3, 0.4) is 0 Å². The second-order valence-corrected chi connectivity index (χ2v) is 8.41. The number of aliphatic hydroxyl groups excluding tert-OH is 1. The first-order valence-corrected chi connectivity index (χ1v) is 8.97. The van der Waals surface area contributed by atoms with Crippen molar-refractivity contribution in [3.8, 4) is 0 Å². The minimum atomic E-state index is -3.47. The van der Waals surface area contributed by atoms with Gasteiger partial charge in [-0.25, -0.2) is 8.42 Å². The number of aliphatic hydroxyl groups is 1. The normalized spacial score (nSPS) is 24.8. The average molecular weight is 303 g/mol. The van der Waals surface area contributed by atoms with E-state index in [0.29, 0.717) is 10.6 Å². The second-order valence-electron chi connectivity index (χ2n) is 5.01. The molecule has 0 amide bonds. The molecular formula is C13H21NO3S2. The van der Waals surface area contributed by atoms with E-state index in [9.17, 15) is 13.5 Å². The number of hydrogen-bond acceptors (Lipinski definition) is 4. The molecule has 1 aromatic rings. The van der Waals surface area contributed by atoms with Gasteiger partial charge in [-0.15, -0.1) is 11.3 Å². The molecule has 108 valence electrons. The maximum absolute atomic E-state index is 12.5. The zero-order valence-corrected chi connectivity index (χ0v) is 13.0. The quantitative estimate of drug-likeness (QED) is 0.928. The molecule has 19 heavy (non-hydrogen) atoms. The van der Waals surface area contributed by atoms with Crippen LogP contribution in [0.5, 0.6) is 0 Å². The summed E-state index contributed by atoms with van der Waals surface area (Å²) >= 11 is 1.32. The molecule has 2 atom stereocenters. The topological polar surface area (TPSA) is 57.6 Å². The van der Waals surface area contributed by atoms with Crippen molar-refractivity contribution in [2.75, 3.05) is 7.05 Å². The Hall–Kier alpha value is -0.430. The predicted molar refractivity (Wildman–Crippen MR) is 76.9 cm³/mol. The summed E-state index contributed by atoms with van der Waals surface area (Å²) < 4.78 is 26.8. The minimum absolute atomic E-state index is 0.286. The van der Waals surface area contributed by atoms with Crippen molar-refractivity contribution in [3.05, 3.63) is 17.0 Å². The Morgan fingerprint density at radius 2 is 2.05 bits per heavy atom. The smallest absolute Gasteiger partial charge is 0.252 e. The van der Waals surface area contributed by atoms with Gasteiger partial charge in [0.05, 0.1) is 12.1 Å². The van der Waals surface area contributed by atoms with Crippen LogP contribution in [0.1, 0.15) is 37.5 Å². The van der Waals surface area contributed by atoms with E-state index in [1.807, 2.05) is 13.0 Å². The fourth-order valence-electron chi connectivity index (χ4n) is 2.52. The molecule has 2 rings (SSSR count). The van der Waals surface area contributed by atoms with Crippen molar-refractivity contribution in [2.45, 2.75) is 55.4 Å². The highest BCUT2D eigenvalue weighted by Crippen LogP contribution is 2.30. The maximum atomic E-state index is 12.5. The third-order valence-corrected chi connectivity index (χ3v) is 7.36. The van der Waals surface area contributed by atoms with Gasteiger partial charge in [0.2, 0.25) is 0 Å². The monoisotopic (exact) mass is 303 g/mol. The maximum Gasteiger partial charge on any atom is 0.252 e. The lowest BCUT2D eigenvalue weighted by Gasteiger charge is -2.34. The highest BCUT2D eigenvalue weighted by atomic mass is 32.2. The van der Waals surface area contributed by atoms with E-state index in [2.05, 4.69) is 0 Å². The summed E-state index contributed by atoms with van der Waals surface area (Å²) in [6, 6.07) is 3.25. The third-order valence-electron chi connectivity index (χ3n) is 3.78. The van der Waals surface area contributed by atoms with Crippen LogP contribution in [-0.2, 0) is 16.4 Å². The summed E-state index contributed by atoms with van der Waals surface area (Å²) in [6.07, 6.45) is 3.68. The summed E-state index contributed by atoms with van der Waals surface area (Å²) in [5.41, 5.74) is 0. The van der Waals surface area contributed by atoms with Crippen molar-refractivity contribution in [2.24, 2.45) is 0 Å². The lowest BCUT2D eigenvalue weighted by molar-refractivity contribution is 0.0638. The van der Waals surface area contributed by atoms with Crippen LogP contribution < -0.4 is 0 Å². The Balaban J connectivity index is 2.23. The number of hydrogen-bond donors (Lipinski definition) is 1. The van der Waals surface area contributed by atoms with Crippen LogP contribution in [0.25, 0.3) is 0 Å². The Kier molecular flexibility index (Phi) is 4.66. The molecule has 1 saturated carbocycles. The van der Waals surface area contributed by atoms with Crippen LogP contribution in [-0.4, -0.2) is 37.0 Å². The van der Waals surface area contributed by atoms with Gasteiger partial charge in [-0.3, -0.25) is 0 Å². The standard InChI is InChI=1S/C13H21NO3S2/c1-3-10-8-9-13(18-10)19(16,17)14(2)11-6-4-5-7-12(11)15/h8-9,11-12,15H,3-7H2,1-2H3. The summed E-state index contributed by atoms with van der Waals surface area (Å²) in [5, 5.41) is 10.00. The highest BCUT2D eigenvalue weighted by Gasteiger charge is 2.34. The SMILES string of the molecule is CCc1ccc(S(=O)(=O)N(C)C2CCCCC2O)s1. The molecule has 2 unspecified atom stereocenters. The zero-order chi connectivity index (χ0) is 14.0. The van der Waals surface area contributed by atoms with Crippen molar-refractivity contribution in [1.29, 1.82) is 0 Å². The molecule has 1 aliphatic rings. The Morgan fingerprint density at radius 3 is 2.63 bits per heavy atom. The molecule has 0 aliphatic heterocycles. The molecule has 6 heteroatoms. The minimum Gasteiger partial charge on any atom is -0.391 e. The van der Waals surface area contributed by atoms with Crippen LogP contribution in [0.4, 0.5) is 0 Å². The van der Waals surface area contributed by atoms with Gasteiger partial charge < -0.3 is 5.11 Å². The molecule has 1 aliphatic carbocycles. The number of nitrogens with zero attached hydrogens (tertiary/aromatic N) is 1. The van der Waals surface area contributed by atoms with Gasteiger partial charge in [0.15, 0.2) is 0 Å². The first-order chi connectivity index (χ1) is 8.96. The van der Waals surface area contributed by atoms with E-state index in [1.54, 1.807) is 13.1 Å². The van der Waals surface area contributed by atoms with Crippen LogP contribution in [0.2, 0.25) is 0 Å². The summed E-state index contributed by atoms with van der Waals surface area (Å²) in [7, 11) is -1.89. The molecule has 1 fully saturated rings. The summed E-state index contributed by atoms with van der Waals surface area (Å²) in [4.78, 5) is 1.07. The van der Waals surface area contributed by atoms with E-state index in [-0.39, 0.29) is 6.04 Å². The lowest BCUT2D eigenvalue weighted by atomic mass is 9.93. The zero-order valence-electron chi connectivity index (χ0n) is 11.4. The molecule has 1 heterocycles. The molecule has 0 bridgehead atoms. The van der Waals surface area contributed by atoms with Gasteiger partial charge in [-0.1, -0.05) is 19.8 Å². The van der Waals surface area contributed by atoms with E-state index in [1.165, 1.54) is 15.6 Å². The van der Waals surface area contributed by atoms with Crippen LogP contribution in [0, 0.1) is 0 Å². The van der Waals surface area contributed by atoms with Crippen molar-refractivity contribution in [3.63, 3.8) is 0 Å². The Bertz CT molecular complexity index is 524. The first-order valence-electron chi connectivity index (χ1n) is 6.71. The van der Waals surface area contributed by atoms with Crippen molar-refractivity contribution < 1.29 is 13.5 Å². The van der Waals surface area contributed by atoms with Gasteiger partial charge >= 0.3 is 0 Å². The molecule has 0 radical (unpaired) electrons. The van der Waals surface area contributed by atoms with E-state index < -0.39 is 16.1 Å². The van der Waals surface area contributed by atoms with Gasteiger partial charge in [0, 0.05) is 11.9 Å². The van der Waals surface area contributed by atoms with Crippen LogP contribution in [0.15, 0.2) is 16.3 Å². The fourth-order valence-corrected chi connectivity index (χ4v) is 5.42. The lowest BCUT2D eigenvalue weighted by Crippen LogP contribution is -2.45. The van der Waals surface area contributed by atoms with E-state index >= 15 is 0 Å². The molecule has 0 spiro atoms. The summed E-state index contributed by atoms with van der Waals surface area (Å²) in [5.74, 6) is 0. The Morgan fingerprint density at radius 1 is 1.37 bits per heavy atom. The third kappa shape index (κ3) is 3.02. The highest BCUT2D eigenvalue weighted by molar-refractivity contribution is 7.91. The summed E-state index contributed by atoms with van der Waals surface area (Å²) in [6.45, 7) is 2.01. The Labute approximate surface area is 119 Å². The van der Waals surface area contributed by atoms with Crippen molar-refractivity contribution in [1.82, 2.24) is 4.31 Å². The first kappa shape index (κ1) is 15.0. The molecular weight excluding hydrogens is 282 g/mol. The molecule has 4 nitrogen and oxygen atoms in total. The number of aryl methyl sites for hydroxylation is 1. The average Bonchev–Trinajstić information content (AvgIpc) is 2.88. The predicted octanol–water partition coefficient (Wildman–Crippen LogP) is 2.23. The van der Waals surface area contributed by atoms with E-state index in [0.717, 1.165) is 30.6 Å². The number of likely N-dealkylation sites (N-methyl/N-ethyl adjacent to an activating group) is 1. The number of thiophene rings is 1. The number of rotatable bonds is 4. The fraction of sp³-hybridized carbons (Fsp3) is 0.692. The number of sulfonamides is 1. The van der Waals surface area contributed by atoms with Gasteiger partial charge in [-0.2, -0.15) is 4.31 Å². The molecule has 0 aromatic carbocycles. The molecule has 0 saturated heterocycles.